The molecular formula is C32H33FN4. The Morgan fingerprint density at radius 1 is 1.11 bits per heavy atom. The number of nitrogens with one attached hydrogen (secondary N) is 2. The second kappa shape index (κ2) is 11.8. The van der Waals surface area contributed by atoms with Gasteiger partial charge in [0.1, 0.15) is 11.6 Å². The molecule has 2 aromatic carbocycles. The molecule has 1 aliphatic heterocycles. The Bertz CT molecular complexity index is 1400. The Morgan fingerprint density at radius 3 is 2.51 bits per heavy atom. The Hall–Kier alpha value is -4.09. The molecule has 2 heterocycles. The molecule has 1 aromatic heterocycles. The number of rotatable bonds is 8. The number of hydrogen-bond donors (Lipinski definition) is 2. The van der Waals surface area contributed by atoms with E-state index >= 15 is 0 Å². The van der Waals surface area contributed by atoms with Gasteiger partial charge in [0.2, 0.25) is 0 Å². The van der Waals surface area contributed by atoms with Gasteiger partial charge in [0.15, 0.2) is 0 Å². The van der Waals surface area contributed by atoms with Gasteiger partial charge >= 0.3 is 0 Å². The van der Waals surface area contributed by atoms with E-state index in [0.717, 1.165) is 58.0 Å². The zero-order chi connectivity index (χ0) is 26.4. The summed E-state index contributed by atoms with van der Waals surface area (Å²) in [5, 5.41) is 6.98. The van der Waals surface area contributed by atoms with E-state index in [-0.39, 0.29) is 11.9 Å². The van der Waals surface area contributed by atoms with Crippen LogP contribution in [0, 0.1) is 12.7 Å². The fraction of sp³-hybridized carbons (Fsp3) is 0.188. The van der Waals surface area contributed by atoms with Crippen LogP contribution in [0.1, 0.15) is 41.8 Å². The molecule has 0 saturated heterocycles. The van der Waals surface area contributed by atoms with Crippen LogP contribution in [0.15, 0.2) is 102 Å². The molecule has 0 aliphatic carbocycles. The quantitative estimate of drug-likeness (QED) is 0.257. The molecule has 0 bridgehead atoms. The second-order valence-electron chi connectivity index (χ2n) is 9.14. The van der Waals surface area contributed by atoms with Gasteiger partial charge in [-0.05, 0) is 97.7 Å². The summed E-state index contributed by atoms with van der Waals surface area (Å²) in [4.78, 5) is 8.77. The third-order valence-corrected chi connectivity index (χ3v) is 6.76. The number of hydrogen-bond acceptors (Lipinski definition) is 4. The Balaban J connectivity index is 1.64. The van der Waals surface area contributed by atoms with Gasteiger partial charge in [0.05, 0.1) is 6.04 Å². The summed E-state index contributed by atoms with van der Waals surface area (Å²) in [7, 11) is 0. The summed E-state index contributed by atoms with van der Waals surface area (Å²) >= 11 is 0. The minimum absolute atomic E-state index is 0.124. The van der Waals surface area contributed by atoms with Crippen molar-refractivity contribution in [3.63, 3.8) is 0 Å². The number of anilines is 1. The number of nitrogens with zero attached hydrogens (tertiary/aromatic N) is 2. The van der Waals surface area contributed by atoms with E-state index in [1.165, 1.54) is 23.3 Å². The molecule has 1 atom stereocenters. The number of pyridine rings is 1. The van der Waals surface area contributed by atoms with Gasteiger partial charge < -0.3 is 10.6 Å². The third kappa shape index (κ3) is 6.01. The predicted molar refractivity (Wildman–Crippen MR) is 154 cm³/mol. The highest BCUT2D eigenvalue weighted by atomic mass is 19.1. The molecule has 2 N–H and O–H groups in total. The van der Waals surface area contributed by atoms with E-state index < -0.39 is 0 Å². The Morgan fingerprint density at radius 2 is 1.84 bits per heavy atom. The van der Waals surface area contributed by atoms with Crippen LogP contribution in [0.5, 0.6) is 0 Å². The molecule has 4 rings (SSSR count). The first-order valence-electron chi connectivity index (χ1n) is 12.4. The first-order valence-corrected chi connectivity index (χ1v) is 12.4. The summed E-state index contributed by atoms with van der Waals surface area (Å²) in [6.45, 7) is 14.7. The maximum absolute atomic E-state index is 13.6. The molecule has 0 saturated carbocycles. The minimum Gasteiger partial charge on any atom is -0.343 e. The van der Waals surface area contributed by atoms with Crippen LogP contribution < -0.4 is 10.6 Å². The lowest BCUT2D eigenvalue weighted by atomic mass is 9.89. The Kier molecular flexibility index (Phi) is 8.26. The summed E-state index contributed by atoms with van der Waals surface area (Å²) < 4.78 is 13.6. The number of aliphatic imine (C=N–C) groups is 1. The predicted octanol–water partition coefficient (Wildman–Crippen LogP) is 7.26. The van der Waals surface area contributed by atoms with Crippen LogP contribution in [-0.4, -0.2) is 17.7 Å². The van der Waals surface area contributed by atoms with Crippen LogP contribution >= 0.6 is 0 Å². The summed E-state index contributed by atoms with van der Waals surface area (Å²) in [5.74, 6) is 0.487. The Labute approximate surface area is 219 Å². The topological polar surface area (TPSA) is 49.3 Å². The van der Waals surface area contributed by atoms with E-state index in [1.54, 1.807) is 18.3 Å². The monoisotopic (exact) mass is 492 g/mol. The lowest BCUT2D eigenvalue weighted by molar-refractivity contribution is 0.535. The molecule has 1 aliphatic rings. The standard InChI is InChI=1S/C32H33FN4/c1-6-24(17-18-34-5)32(21(2)25-11-13-28(33)14-12-25)29-15-16-31(36-22(29)3)37-23(4)30-19-26-9-7-8-10-27(26)20-35-30/h6-18,30,35H,4-5,19-20H2,1-3H3,(H,36,37)/b18-17-,24-6+,32-21+/t30-/m0/s1. The maximum Gasteiger partial charge on any atom is 0.130 e. The van der Waals surface area contributed by atoms with Crippen molar-refractivity contribution in [2.45, 2.75) is 39.8 Å². The number of halogens is 1. The molecule has 188 valence electrons. The van der Waals surface area contributed by atoms with E-state index in [1.807, 2.05) is 39.0 Å². The summed E-state index contributed by atoms with van der Waals surface area (Å²) in [6, 6.07) is 19.2. The summed E-state index contributed by atoms with van der Waals surface area (Å²) in [5.41, 5.74) is 9.38. The average Bonchev–Trinajstić information content (AvgIpc) is 2.91. The average molecular weight is 493 g/mol. The van der Waals surface area contributed by atoms with Crippen molar-refractivity contribution in [3.8, 4) is 0 Å². The fourth-order valence-corrected chi connectivity index (χ4v) is 4.72. The van der Waals surface area contributed by atoms with Crippen LogP contribution in [-0.2, 0) is 13.0 Å². The smallest absolute Gasteiger partial charge is 0.130 e. The van der Waals surface area contributed by atoms with Crippen LogP contribution in [0.2, 0.25) is 0 Å². The van der Waals surface area contributed by atoms with E-state index in [0.29, 0.717) is 0 Å². The number of allylic oxidation sites excluding steroid dienone is 5. The van der Waals surface area contributed by atoms with Crippen molar-refractivity contribution in [1.29, 1.82) is 0 Å². The lowest BCUT2D eigenvalue weighted by Gasteiger charge is -2.28. The van der Waals surface area contributed by atoms with Gasteiger partial charge in [0.25, 0.3) is 0 Å². The van der Waals surface area contributed by atoms with E-state index in [4.69, 9.17) is 4.98 Å². The zero-order valence-electron chi connectivity index (χ0n) is 21.7. The molecule has 0 radical (unpaired) electrons. The fourth-order valence-electron chi connectivity index (χ4n) is 4.72. The van der Waals surface area contributed by atoms with Gasteiger partial charge in [-0.25, -0.2) is 9.37 Å². The number of benzene rings is 2. The van der Waals surface area contributed by atoms with Crippen molar-refractivity contribution in [2.75, 3.05) is 5.32 Å². The van der Waals surface area contributed by atoms with E-state index in [9.17, 15) is 4.39 Å². The van der Waals surface area contributed by atoms with Gasteiger partial charge in [-0.2, -0.15) is 0 Å². The van der Waals surface area contributed by atoms with E-state index in [2.05, 4.69) is 59.3 Å². The SMILES string of the molecule is C=N\C=C/C(=C\C)C(=C(/C)c1ccc(F)cc1)/c1ccc(NC(=C)[C@@H]2Cc3ccccc3CN2)nc1C. The molecule has 37 heavy (non-hydrogen) atoms. The molecule has 0 amide bonds. The molecule has 3 aromatic rings. The van der Waals surface area contributed by atoms with Crippen molar-refractivity contribution in [3.05, 3.63) is 131 Å². The molecule has 0 unspecified atom stereocenters. The molecule has 0 spiro atoms. The highest BCUT2D eigenvalue weighted by molar-refractivity contribution is 5.99. The van der Waals surface area contributed by atoms with Gasteiger partial charge in [-0.3, -0.25) is 4.99 Å². The van der Waals surface area contributed by atoms with Crippen LogP contribution in [0.4, 0.5) is 10.2 Å². The molecule has 4 nitrogen and oxygen atoms in total. The maximum atomic E-state index is 13.6. The van der Waals surface area contributed by atoms with Gasteiger partial charge in [-0.1, -0.05) is 49.1 Å². The summed E-state index contributed by atoms with van der Waals surface area (Å²) in [6.07, 6.45) is 6.52. The van der Waals surface area contributed by atoms with Gasteiger partial charge in [0, 0.05) is 29.7 Å². The van der Waals surface area contributed by atoms with Crippen molar-refractivity contribution in [2.24, 2.45) is 4.99 Å². The van der Waals surface area contributed by atoms with Crippen LogP contribution in [0.25, 0.3) is 11.1 Å². The number of fused-ring (bicyclic) bond motifs is 1. The highest BCUT2D eigenvalue weighted by Gasteiger charge is 2.21. The van der Waals surface area contributed by atoms with Crippen LogP contribution in [0.3, 0.4) is 0 Å². The normalized spacial score (nSPS) is 16.2. The zero-order valence-corrected chi connectivity index (χ0v) is 21.7. The first-order chi connectivity index (χ1) is 17.9. The van der Waals surface area contributed by atoms with Gasteiger partial charge in [-0.15, -0.1) is 0 Å². The second-order valence-corrected chi connectivity index (χ2v) is 9.14. The van der Waals surface area contributed by atoms with Crippen molar-refractivity contribution < 1.29 is 4.39 Å². The number of aryl methyl sites for hydroxylation is 1. The first kappa shape index (κ1) is 26.0. The number of aromatic nitrogens is 1. The third-order valence-electron chi connectivity index (χ3n) is 6.76. The molecule has 0 fully saturated rings. The largest absolute Gasteiger partial charge is 0.343 e. The molecule has 5 heteroatoms. The van der Waals surface area contributed by atoms with Crippen molar-refractivity contribution >= 4 is 23.7 Å². The minimum atomic E-state index is -0.260. The highest BCUT2D eigenvalue weighted by Crippen LogP contribution is 2.35. The molecular weight excluding hydrogens is 459 g/mol. The van der Waals surface area contributed by atoms with Crippen molar-refractivity contribution in [1.82, 2.24) is 10.3 Å². The lowest BCUT2D eigenvalue weighted by Crippen LogP contribution is -2.38.